The summed E-state index contributed by atoms with van der Waals surface area (Å²) in [5.74, 6) is -0.176. The Balaban J connectivity index is 1.56. The summed E-state index contributed by atoms with van der Waals surface area (Å²) in [6, 6.07) is 11.3. The van der Waals surface area contributed by atoms with E-state index in [9.17, 15) is 9.59 Å². The number of hydrogen-bond acceptors (Lipinski definition) is 3. The van der Waals surface area contributed by atoms with E-state index < -0.39 is 0 Å². The minimum atomic E-state index is -0.320. The van der Waals surface area contributed by atoms with Crippen LogP contribution in [-0.2, 0) is 16.1 Å². The van der Waals surface area contributed by atoms with E-state index in [0.29, 0.717) is 23.7 Å². The van der Waals surface area contributed by atoms with Crippen LogP contribution in [0, 0.1) is 25.7 Å². The first kappa shape index (κ1) is 19.2. The highest BCUT2D eigenvalue weighted by Crippen LogP contribution is 2.40. The van der Waals surface area contributed by atoms with Crippen molar-refractivity contribution in [3.05, 3.63) is 58.1 Å². The van der Waals surface area contributed by atoms with Crippen LogP contribution in [0.5, 0.6) is 5.75 Å². The fraction of sp³-hybridized carbons (Fsp3) is 0.333. The van der Waals surface area contributed by atoms with E-state index in [4.69, 9.17) is 16.3 Å². The molecule has 1 saturated carbocycles. The molecule has 2 unspecified atom stereocenters. The lowest BCUT2D eigenvalue weighted by Crippen LogP contribution is -2.27. The van der Waals surface area contributed by atoms with Crippen LogP contribution < -0.4 is 15.4 Å². The van der Waals surface area contributed by atoms with E-state index in [0.717, 1.165) is 22.4 Å². The molecule has 1 aliphatic rings. The maximum Gasteiger partial charge on any atom is 0.228 e. The molecule has 5 nitrogen and oxygen atoms in total. The summed E-state index contributed by atoms with van der Waals surface area (Å²) < 4.78 is 5.28. The van der Waals surface area contributed by atoms with Crippen LogP contribution in [0.4, 0.5) is 5.69 Å². The summed E-state index contributed by atoms with van der Waals surface area (Å²) >= 11 is 6.24. The van der Waals surface area contributed by atoms with Crippen molar-refractivity contribution in [1.82, 2.24) is 5.32 Å². The van der Waals surface area contributed by atoms with Crippen LogP contribution in [0.1, 0.15) is 23.1 Å². The van der Waals surface area contributed by atoms with Gasteiger partial charge in [-0.2, -0.15) is 0 Å². The number of benzene rings is 2. The lowest BCUT2D eigenvalue weighted by molar-refractivity contribution is -0.125. The molecular formula is C21H23ClN2O3. The molecule has 27 heavy (non-hydrogen) atoms. The number of carbonyl (C=O) groups excluding carboxylic acids is 2. The van der Waals surface area contributed by atoms with Crippen molar-refractivity contribution in [3.63, 3.8) is 0 Å². The van der Waals surface area contributed by atoms with E-state index in [-0.39, 0.29) is 23.7 Å². The average molecular weight is 387 g/mol. The molecule has 0 bridgehead atoms. The van der Waals surface area contributed by atoms with Crippen LogP contribution in [0.3, 0.4) is 0 Å². The third-order valence-electron chi connectivity index (χ3n) is 4.79. The number of methoxy groups -OCH3 is 1. The molecule has 1 aliphatic carbocycles. The smallest absolute Gasteiger partial charge is 0.228 e. The van der Waals surface area contributed by atoms with Crippen molar-refractivity contribution in [3.8, 4) is 5.75 Å². The maximum absolute atomic E-state index is 12.5. The molecule has 2 atom stereocenters. The largest absolute Gasteiger partial charge is 0.496 e. The summed E-state index contributed by atoms with van der Waals surface area (Å²) in [5, 5.41) is 6.28. The van der Waals surface area contributed by atoms with Crippen molar-refractivity contribution < 1.29 is 14.3 Å². The molecule has 6 heteroatoms. The standard InChI is InChI=1S/C21H23ClN2O3/c1-12-8-13(2)19(17(22)9-12)24-21(26)16-10-15(16)20(25)23-11-14-6-4-5-7-18(14)27-3/h4-9,15-16H,10-11H2,1-3H3,(H,23,25)(H,24,26). The average Bonchev–Trinajstić information content (AvgIpc) is 3.43. The monoisotopic (exact) mass is 386 g/mol. The van der Waals surface area contributed by atoms with Crippen LogP contribution in [-0.4, -0.2) is 18.9 Å². The number of carbonyl (C=O) groups is 2. The van der Waals surface area contributed by atoms with E-state index >= 15 is 0 Å². The zero-order chi connectivity index (χ0) is 19.6. The predicted octanol–water partition coefficient (Wildman–Crippen LogP) is 3.86. The second-order valence-corrected chi connectivity index (χ2v) is 7.31. The number of amides is 2. The van der Waals surface area contributed by atoms with Crippen molar-refractivity contribution in [2.75, 3.05) is 12.4 Å². The molecule has 0 saturated heterocycles. The fourth-order valence-corrected chi connectivity index (χ4v) is 3.60. The van der Waals surface area contributed by atoms with E-state index in [1.807, 2.05) is 50.2 Å². The molecule has 0 aliphatic heterocycles. The normalized spacial score (nSPS) is 17.9. The number of anilines is 1. The number of ether oxygens (including phenoxy) is 1. The zero-order valence-electron chi connectivity index (χ0n) is 15.6. The SMILES string of the molecule is COc1ccccc1CNC(=O)C1CC1C(=O)Nc1c(C)cc(C)cc1Cl. The summed E-state index contributed by atoms with van der Waals surface area (Å²) in [4.78, 5) is 24.8. The van der Waals surface area contributed by atoms with Gasteiger partial charge in [-0.1, -0.05) is 35.9 Å². The van der Waals surface area contributed by atoms with Gasteiger partial charge in [0.25, 0.3) is 0 Å². The minimum Gasteiger partial charge on any atom is -0.496 e. The van der Waals surface area contributed by atoms with E-state index in [2.05, 4.69) is 10.6 Å². The third kappa shape index (κ3) is 4.42. The van der Waals surface area contributed by atoms with Gasteiger partial charge in [-0.25, -0.2) is 0 Å². The fourth-order valence-electron chi connectivity index (χ4n) is 3.23. The molecule has 3 rings (SSSR count). The van der Waals surface area contributed by atoms with Gasteiger partial charge >= 0.3 is 0 Å². The van der Waals surface area contributed by atoms with Gasteiger partial charge in [0.2, 0.25) is 11.8 Å². The molecule has 2 aromatic carbocycles. The lowest BCUT2D eigenvalue weighted by Gasteiger charge is -2.12. The highest BCUT2D eigenvalue weighted by molar-refractivity contribution is 6.34. The first-order chi connectivity index (χ1) is 12.9. The van der Waals surface area contributed by atoms with Crippen molar-refractivity contribution >= 4 is 29.1 Å². The Morgan fingerprint density at radius 2 is 1.85 bits per heavy atom. The highest BCUT2D eigenvalue weighted by atomic mass is 35.5. The van der Waals surface area contributed by atoms with Gasteiger partial charge in [0.15, 0.2) is 0 Å². The van der Waals surface area contributed by atoms with Crippen LogP contribution in [0.2, 0.25) is 5.02 Å². The molecular weight excluding hydrogens is 364 g/mol. The molecule has 0 aromatic heterocycles. The van der Waals surface area contributed by atoms with Gasteiger partial charge in [-0.05, 0) is 43.5 Å². The summed E-state index contributed by atoms with van der Waals surface area (Å²) in [6.45, 7) is 4.23. The molecule has 0 radical (unpaired) electrons. The van der Waals surface area contributed by atoms with Gasteiger partial charge in [0.1, 0.15) is 5.75 Å². The molecule has 142 valence electrons. The molecule has 0 spiro atoms. The molecule has 2 aromatic rings. The van der Waals surface area contributed by atoms with Crippen molar-refractivity contribution in [2.45, 2.75) is 26.8 Å². The summed E-state index contributed by atoms with van der Waals surface area (Å²) in [6.07, 6.45) is 0.548. The number of aryl methyl sites for hydroxylation is 2. The van der Waals surface area contributed by atoms with Crippen LogP contribution in [0.25, 0.3) is 0 Å². The Kier molecular flexibility index (Phi) is 5.71. The maximum atomic E-state index is 12.5. The van der Waals surface area contributed by atoms with Crippen LogP contribution in [0.15, 0.2) is 36.4 Å². The van der Waals surface area contributed by atoms with E-state index in [1.165, 1.54) is 0 Å². The molecule has 1 fully saturated rings. The number of para-hydroxylation sites is 1. The quantitative estimate of drug-likeness (QED) is 0.792. The second-order valence-electron chi connectivity index (χ2n) is 6.91. The summed E-state index contributed by atoms with van der Waals surface area (Å²) in [5.41, 5.74) is 3.46. The van der Waals surface area contributed by atoms with Crippen LogP contribution >= 0.6 is 11.6 Å². The number of halogens is 1. The molecule has 2 N–H and O–H groups in total. The molecule has 2 amide bonds. The number of rotatable bonds is 6. The van der Waals surface area contributed by atoms with Gasteiger partial charge in [-0.15, -0.1) is 0 Å². The Labute approximate surface area is 164 Å². The number of hydrogen-bond donors (Lipinski definition) is 2. The first-order valence-corrected chi connectivity index (χ1v) is 9.25. The Hall–Kier alpha value is -2.53. The van der Waals surface area contributed by atoms with Crippen molar-refractivity contribution in [1.29, 1.82) is 0 Å². The summed E-state index contributed by atoms with van der Waals surface area (Å²) in [7, 11) is 1.60. The minimum absolute atomic E-state index is 0.118. The topological polar surface area (TPSA) is 67.4 Å². The Bertz CT molecular complexity index is 858. The van der Waals surface area contributed by atoms with Gasteiger partial charge < -0.3 is 15.4 Å². The first-order valence-electron chi connectivity index (χ1n) is 8.88. The number of nitrogens with one attached hydrogen (secondary N) is 2. The van der Waals surface area contributed by atoms with E-state index in [1.54, 1.807) is 7.11 Å². The predicted molar refractivity (Wildman–Crippen MR) is 106 cm³/mol. The Morgan fingerprint density at radius 1 is 1.15 bits per heavy atom. The lowest BCUT2D eigenvalue weighted by atomic mass is 10.1. The van der Waals surface area contributed by atoms with Gasteiger partial charge in [0.05, 0.1) is 29.7 Å². The van der Waals surface area contributed by atoms with Crippen molar-refractivity contribution in [2.24, 2.45) is 11.8 Å². The second kappa shape index (κ2) is 8.01. The molecule has 0 heterocycles. The highest BCUT2D eigenvalue weighted by Gasteiger charge is 2.48. The Morgan fingerprint density at radius 3 is 2.56 bits per heavy atom. The zero-order valence-corrected chi connectivity index (χ0v) is 16.4. The van der Waals surface area contributed by atoms with Gasteiger partial charge in [-0.3, -0.25) is 9.59 Å². The third-order valence-corrected chi connectivity index (χ3v) is 5.09. The van der Waals surface area contributed by atoms with Gasteiger partial charge in [0, 0.05) is 12.1 Å².